The first kappa shape index (κ1) is 23.1. The number of H-pyrrole nitrogens is 1. The van der Waals surface area contributed by atoms with Crippen molar-refractivity contribution in [3.05, 3.63) is 62.8 Å². The van der Waals surface area contributed by atoms with Gasteiger partial charge in [-0.15, -0.1) is 0 Å². The maximum Gasteiger partial charge on any atom is 0.330 e. The first-order chi connectivity index (χ1) is 15.2. The van der Waals surface area contributed by atoms with Gasteiger partial charge in [0.1, 0.15) is 11.6 Å². The van der Waals surface area contributed by atoms with Crippen LogP contribution in [0.25, 0.3) is 10.8 Å². The van der Waals surface area contributed by atoms with Crippen LogP contribution in [0.1, 0.15) is 50.4 Å². The molecule has 0 radical (unpaired) electrons. The molecule has 0 saturated carbocycles. The molecule has 32 heavy (non-hydrogen) atoms. The van der Waals surface area contributed by atoms with Gasteiger partial charge >= 0.3 is 5.69 Å². The van der Waals surface area contributed by atoms with Gasteiger partial charge in [0.25, 0.3) is 11.5 Å². The Balaban J connectivity index is 2.16. The van der Waals surface area contributed by atoms with Crippen LogP contribution in [0.5, 0.6) is 5.75 Å². The van der Waals surface area contributed by atoms with E-state index < -0.39 is 17.2 Å². The summed E-state index contributed by atoms with van der Waals surface area (Å²) in [5.41, 5.74) is 4.93. The van der Waals surface area contributed by atoms with E-state index in [1.54, 1.807) is 6.07 Å². The molecular formula is C24H30N4O4. The van der Waals surface area contributed by atoms with Crippen LogP contribution in [0.15, 0.2) is 46.0 Å². The average Bonchev–Trinajstić information content (AvgIpc) is 2.74. The third-order valence-electron chi connectivity index (χ3n) is 5.49. The predicted molar refractivity (Wildman–Crippen MR) is 127 cm³/mol. The van der Waals surface area contributed by atoms with Crippen molar-refractivity contribution in [2.75, 3.05) is 17.2 Å². The van der Waals surface area contributed by atoms with E-state index in [4.69, 9.17) is 5.73 Å². The van der Waals surface area contributed by atoms with Gasteiger partial charge in [-0.2, -0.15) is 0 Å². The fourth-order valence-electron chi connectivity index (χ4n) is 3.62. The molecule has 0 fully saturated rings. The number of carbonyl (C=O) groups is 1. The van der Waals surface area contributed by atoms with Crippen LogP contribution in [-0.2, 0) is 6.54 Å². The van der Waals surface area contributed by atoms with Gasteiger partial charge in [-0.3, -0.25) is 19.1 Å². The molecule has 0 atom stereocenters. The number of nitrogen functional groups attached to an aromatic ring is 1. The molecule has 0 aliphatic carbocycles. The lowest BCUT2D eigenvalue weighted by molar-refractivity contribution is 0.0983. The molecule has 0 spiro atoms. The van der Waals surface area contributed by atoms with Crippen molar-refractivity contribution in [3.8, 4) is 5.75 Å². The molecule has 8 nitrogen and oxygen atoms in total. The molecule has 8 heteroatoms. The van der Waals surface area contributed by atoms with Gasteiger partial charge in [0.2, 0.25) is 0 Å². The van der Waals surface area contributed by atoms with Gasteiger partial charge in [0, 0.05) is 13.1 Å². The highest BCUT2D eigenvalue weighted by Crippen LogP contribution is 2.29. The van der Waals surface area contributed by atoms with Crippen molar-refractivity contribution in [1.82, 2.24) is 9.55 Å². The van der Waals surface area contributed by atoms with Crippen molar-refractivity contribution in [2.24, 2.45) is 5.92 Å². The Morgan fingerprint density at radius 2 is 1.84 bits per heavy atom. The second kappa shape index (κ2) is 9.72. The fraction of sp³-hybridized carbons (Fsp3) is 0.375. The summed E-state index contributed by atoms with van der Waals surface area (Å²) in [7, 11) is 0. The first-order valence-corrected chi connectivity index (χ1v) is 10.9. The molecule has 0 aliphatic rings. The molecule has 2 aromatic carbocycles. The number of aromatic amines is 1. The van der Waals surface area contributed by atoms with Crippen molar-refractivity contribution in [1.29, 1.82) is 0 Å². The molecule has 1 aromatic heterocycles. The fourth-order valence-corrected chi connectivity index (χ4v) is 3.62. The van der Waals surface area contributed by atoms with Crippen LogP contribution in [0.2, 0.25) is 0 Å². The number of aromatic hydroxyl groups is 1. The lowest BCUT2D eigenvalue weighted by Gasteiger charge is -2.26. The second-order valence-corrected chi connectivity index (χ2v) is 8.35. The molecule has 0 bridgehead atoms. The van der Waals surface area contributed by atoms with Crippen LogP contribution >= 0.6 is 0 Å². The summed E-state index contributed by atoms with van der Waals surface area (Å²) >= 11 is 0. The third-order valence-corrected chi connectivity index (χ3v) is 5.49. The Morgan fingerprint density at radius 3 is 2.47 bits per heavy atom. The lowest BCUT2D eigenvalue weighted by atomic mass is 10.0. The quantitative estimate of drug-likeness (QED) is 0.497. The maximum absolute atomic E-state index is 13.6. The van der Waals surface area contributed by atoms with Crippen LogP contribution < -0.4 is 21.9 Å². The zero-order chi connectivity index (χ0) is 23.4. The Bertz CT molecular complexity index is 1240. The lowest BCUT2D eigenvalue weighted by Crippen LogP contribution is -2.42. The minimum absolute atomic E-state index is 0.0513. The molecule has 1 heterocycles. The number of nitrogens with zero attached hydrogens (tertiary/aromatic N) is 2. The van der Waals surface area contributed by atoms with E-state index in [1.807, 2.05) is 45.0 Å². The Hall–Kier alpha value is -3.55. The highest BCUT2D eigenvalue weighted by atomic mass is 16.3. The van der Waals surface area contributed by atoms with E-state index in [1.165, 1.54) is 15.5 Å². The monoisotopic (exact) mass is 438 g/mol. The predicted octanol–water partition coefficient (Wildman–Crippen LogP) is 3.47. The topological polar surface area (TPSA) is 121 Å². The third kappa shape index (κ3) is 4.69. The highest BCUT2D eigenvalue weighted by Gasteiger charge is 2.27. The van der Waals surface area contributed by atoms with E-state index in [0.29, 0.717) is 19.4 Å². The van der Waals surface area contributed by atoms with Gasteiger partial charge in [0.05, 0.1) is 5.56 Å². The van der Waals surface area contributed by atoms with Crippen molar-refractivity contribution in [3.63, 3.8) is 0 Å². The number of nitrogens with one attached hydrogen (secondary N) is 1. The molecule has 4 N–H and O–H groups in total. The zero-order valence-electron chi connectivity index (χ0n) is 18.7. The molecule has 1 amide bonds. The number of amides is 1. The smallest absolute Gasteiger partial charge is 0.330 e. The molecule has 0 aliphatic heterocycles. The molecular weight excluding hydrogens is 408 g/mol. The number of rotatable bonds is 8. The number of phenolic OH excluding ortho intramolecular Hbond substituents is 1. The van der Waals surface area contributed by atoms with Gasteiger partial charge < -0.3 is 15.7 Å². The van der Waals surface area contributed by atoms with Crippen molar-refractivity contribution >= 4 is 28.2 Å². The van der Waals surface area contributed by atoms with Gasteiger partial charge in [0.15, 0.2) is 5.69 Å². The number of aromatic nitrogens is 2. The number of carbonyl (C=O) groups excluding carboxylic acids is 1. The summed E-state index contributed by atoms with van der Waals surface area (Å²) in [6.07, 6.45) is 2.13. The Kier molecular flexibility index (Phi) is 7.02. The van der Waals surface area contributed by atoms with Crippen molar-refractivity contribution < 1.29 is 9.90 Å². The van der Waals surface area contributed by atoms with E-state index >= 15 is 0 Å². The van der Waals surface area contributed by atoms with Gasteiger partial charge in [-0.1, -0.05) is 51.5 Å². The molecule has 3 rings (SSSR count). The number of phenols is 1. The van der Waals surface area contributed by atoms with E-state index in [2.05, 4.69) is 4.98 Å². The summed E-state index contributed by atoms with van der Waals surface area (Å²) in [4.78, 5) is 42.3. The van der Waals surface area contributed by atoms with E-state index in [9.17, 15) is 19.5 Å². The van der Waals surface area contributed by atoms with Crippen molar-refractivity contribution in [2.45, 2.75) is 46.6 Å². The summed E-state index contributed by atoms with van der Waals surface area (Å²) < 4.78 is 1.29. The molecule has 0 saturated heterocycles. The second-order valence-electron chi connectivity index (χ2n) is 8.35. The molecule has 170 valence electrons. The Labute approximate surface area is 186 Å². The van der Waals surface area contributed by atoms with E-state index in [-0.39, 0.29) is 35.3 Å². The summed E-state index contributed by atoms with van der Waals surface area (Å²) in [5.74, 6) is -0.532. The number of hydrogen-bond donors (Lipinski definition) is 3. The van der Waals surface area contributed by atoms with Crippen LogP contribution in [0, 0.1) is 5.92 Å². The minimum Gasteiger partial charge on any atom is -0.507 e. The number of anilines is 2. The van der Waals surface area contributed by atoms with Crippen LogP contribution in [0.3, 0.4) is 0 Å². The van der Waals surface area contributed by atoms with E-state index in [0.717, 1.165) is 17.2 Å². The van der Waals surface area contributed by atoms with Crippen LogP contribution in [-0.4, -0.2) is 27.1 Å². The average molecular weight is 439 g/mol. The minimum atomic E-state index is -0.724. The van der Waals surface area contributed by atoms with Gasteiger partial charge in [-0.05, 0) is 41.7 Å². The maximum atomic E-state index is 13.6. The highest BCUT2D eigenvalue weighted by molar-refractivity contribution is 6.10. The normalized spacial score (nSPS) is 11.2. The SMILES string of the molecule is CCCCn1c(N)c(N(CCC(C)C)C(=O)c2cc3ccccc3cc2O)c(=O)[nH]c1=O. The first-order valence-electron chi connectivity index (χ1n) is 10.9. The standard InChI is InChI=1S/C24H30N4O4/c1-4-5-11-28-21(25)20(22(30)26-24(28)32)27(12-10-15(2)3)23(31)18-13-16-8-6-7-9-17(16)14-19(18)29/h6-9,13-15,29H,4-5,10-12,25H2,1-3H3,(H,26,30,32). The largest absolute Gasteiger partial charge is 0.507 e. The number of unbranched alkanes of at least 4 members (excludes halogenated alkanes) is 1. The zero-order valence-corrected chi connectivity index (χ0v) is 18.7. The number of fused-ring (bicyclic) bond motifs is 1. The molecule has 3 aromatic rings. The number of hydrogen-bond acceptors (Lipinski definition) is 5. The van der Waals surface area contributed by atoms with Gasteiger partial charge in [-0.25, -0.2) is 4.79 Å². The van der Waals surface area contributed by atoms with Crippen LogP contribution in [0.4, 0.5) is 11.5 Å². The molecule has 0 unspecified atom stereocenters. The number of nitrogens with two attached hydrogens (primary N) is 1. The number of benzene rings is 2. The summed E-state index contributed by atoms with van der Waals surface area (Å²) in [5, 5.41) is 12.2. The Morgan fingerprint density at radius 1 is 1.19 bits per heavy atom. The summed E-state index contributed by atoms with van der Waals surface area (Å²) in [6, 6.07) is 10.5. The summed E-state index contributed by atoms with van der Waals surface area (Å²) in [6.45, 7) is 6.53.